The maximum absolute atomic E-state index is 2.41. The minimum Gasteiger partial charge on any atom is -0.310 e. The Kier molecular flexibility index (Phi) is 7.41. The summed E-state index contributed by atoms with van der Waals surface area (Å²) in [5.41, 5.74) is 10.6. The van der Waals surface area contributed by atoms with Crippen LogP contribution in [0.15, 0.2) is 200 Å². The minimum absolute atomic E-state index is 1.11. The maximum Gasteiger partial charge on any atom is 0.0467 e. The molecule has 0 bridgehead atoms. The van der Waals surface area contributed by atoms with Crippen LogP contribution in [0.5, 0.6) is 0 Å². The molecule has 0 aliphatic rings. The van der Waals surface area contributed by atoms with Gasteiger partial charge in [-0.05, 0) is 110 Å². The third-order valence-electron chi connectivity index (χ3n) is 10.2. The van der Waals surface area contributed by atoms with Crippen molar-refractivity contribution in [2.45, 2.75) is 0 Å². The van der Waals surface area contributed by atoms with Gasteiger partial charge in [0.1, 0.15) is 0 Å². The zero-order valence-corrected chi connectivity index (χ0v) is 29.2. The predicted molar refractivity (Wildman–Crippen MR) is 225 cm³/mol. The van der Waals surface area contributed by atoms with Crippen LogP contribution in [-0.2, 0) is 0 Å². The van der Waals surface area contributed by atoms with Crippen LogP contribution < -0.4 is 4.90 Å². The number of benzene rings is 9. The quantitative estimate of drug-likeness (QED) is 0.169. The molecule has 52 heavy (non-hydrogen) atoms. The fourth-order valence-electron chi connectivity index (χ4n) is 7.76. The van der Waals surface area contributed by atoms with E-state index in [1.54, 1.807) is 0 Å². The Morgan fingerprint density at radius 3 is 1.62 bits per heavy atom. The van der Waals surface area contributed by atoms with Gasteiger partial charge in [-0.1, -0.05) is 146 Å². The molecular formula is C50H33NS. The smallest absolute Gasteiger partial charge is 0.0467 e. The lowest BCUT2D eigenvalue weighted by Gasteiger charge is -2.27. The molecule has 0 aliphatic heterocycles. The van der Waals surface area contributed by atoms with E-state index in [4.69, 9.17) is 0 Å². The van der Waals surface area contributed by atoms with Gasteiger partial charge in [-0.25, -0.2) is 0 Å². The van der Waals surface area contributed by atoms with Gasteiger partial charge in [0.05, 0.1) is 0 Å². The van der Waals surface area contributed by atoms with Crippen molar-refractivity contribution >= 4 is 70.1 Å². The molecule has 10 aromatic rings. The largest absolute Gasteiger partial charge is 0.310 e. The average molecular weight is 680 g/mol. The van der Waals surface area contributed by atoms with E-state index in [1.165, 1.54) is 75.1 Å². The second-order valence-corrected chi connectivity index (χ2v) is 14.4. The normalized spacial score (nSPS) is 11.5. The Morgan fingerprint density at radius 1 is 0.308 bits per heavy atom. The molecule has 0 N–H and O–H groups in total. The first-order valence-corrected chi connectivity index (χ1v) is 18.6. The van der Waals surface area contributed by atoms with E-state index in [0.29, 0.717) is 0 Å². The second kappa shape index (κ2) is 12.7. The fourth-order valence-corrected chi connectivity index (χ4v) is 8.89. The number of hydrogen-bond donors (Lipinski definition) is 0. The van der Waals surface area contributed by atoms with Crippen LogP contribution in [0.25, 0.3) is 75.1 Å². The molecular weight excluding hydrogens is 647 g/mol. The van der Waals surface area contributed by atoms with Gasteiger partial charge in [-0.3, -0.25) is 0 Å². The van der Waals surface area contributed by atoms with Gasteiger partial charge in [0, 0.05) is 37.2 Å². The summed E-state index contributed by atoms with van der Waals surface area (Å²) in [6.45, 7) is 0. The lowest BCUT2D eigenvalue weighted by molar-refractivity contribution is 1.28. The molecule has 9 aromatic carbocycles. The molecule has 0 spiro atoms. The molecule has 0 saturated carbocycles. The van der Waals surface area contributed by atoms with Crippen molar-refractivity contribution in [3.63, 3.8) is 0 Å². The highest BCUT2D eigenvalue weighted by Gasteiger charge is 2.17. The first-order valence-electron chi connectivity index (χ1n) is 17.8. The van der Waals surface area contributed by atoms with E-state index in [9.17, 15) is 0 Å². The molecule has 10 rings (SSSR count). The lowest BCUT2D eigenvalue weighted by atomic mass is 9.97. The van der Waals surface area contributed by atoms with Crippen molar-refractivity contribution in [3.05, 3.63) is 200 Å². The summed E-state index contributed by atoms with van der Waals surface area (Å²) in [6, 6.07) is 73.0. The summed E-state index contributed by atoms with van der Waals surface area (Å²) < 4.78 is 2.63. The molecule has 2 heteroatoms. The average Bonchev–Trinajstić information content (AvgIpc) is 3.60. The molecule has 0 unspecified atom stereocenters. The van der Waals surface area contributed by atoms with Gasteiger partial charge in [-0.15, -0.1) is 11.3 Å². The molecule has 0 radical (unpaired) electrons. The zero-order valence-electron chi connectivity index (χ0n) is 28.4. The molecule has 0 aliphatic carbocycles. The van der Waals surface area contributed by atoms with Crippen molar-refractivity contribution in [2.24, 2.45) is 0 Å². The Labute approximate surface area is 307 Å². The van der Waals surface area contributed by atoms with E-state index in [0.717, 1.165) is 17.1 Å². The third-order valence-corrected chi connectivity index (χ3v) is 11.3. The molecule has 1 nitrogen and oxygen atoms in total. The number of hydrogen-bond acceptors (Lipinski definition) is 2. The summed E-state index contributed by atoms with van der Waals surface area (Å²) in [5, 5.41) is 7.62. The fraction of sp³-hybridized carbons (Fsp3) is 0. The molecule has 0 amide bonds. The summed E-state index contributed by atoms with van der Waals surface area (Å²) in [7, 11) is 0. The minimum atomic E-state index is 1.11. The highest BCUT2D eigenvalue weighted by molar-refractivity contribution is 7.25. The molecule has 1 heterocycles. The SMILES string of the molecule is c1cc(-c2ccc3ccccc3c2)cc(N(c2cccc(-c3cccc4ccccc34)c2)c2cccc(-c3cccc4sc5ccccc5c34)c2)c1. The van der Waals surface area contributed by atoms with Gasteiger partial charge in [-0.2, -0.15) is 0 Å². The zero-order chi connectivity index (χ0) is 34.4. The highest BCUT2D eigenvalue weighted by Crippen LogP contribution is 2.43. The van der Waals surface area contributed by atoms with E-state index in [2.05, 4.69) is 205 Å². The molecule has 244 valence electrons. The van der Waals surface area contributed by atoms with Gasteiger partial charge in [0.2, 0.25) is 0 Å². The van der Waals surface area contributed by atoms with E-state index >= 15 is 0 Å². The van der Waals surface area contributed by atoms with Crippen LogP contribution in [0.1, 0.15) is 0 Å². The molecule has 1 aromatic heterocycles. The van der Waals surface area contributed by atoms with Crippen LogP contribution in [0, 0.1) is 0 Å². The van der Waals surface area contributed by atoms with Crippen molar-refractivity contribution in [3.8, 4) is 33.4 Å². The summed E-state index contributed by atoms with van der Waals surface area (Å²) in [6.07, 6.45) is 0. The highest BCUT2D eigenvalue weighted by atomic mass is 32.1. The van der Waals surface area contributed by atoms with Gasteiger partial charge >= 0.3 is 0 Å². The van der Waals surface area contributed by atoms with Crippen LogP contribution in [0.3, 0.4) is 0 Å². The molecule has 0 atom stereocenters. The summed E-state index contributed by atoms with van der Waals surface area (Å²) in [5.74, 6) is 0. The number of thiophene rings is 1. The van der Waals surface area contributed by atoms with Crippen molar-refractivity contribution in [1.82, 2.24) is 0 Å². The van der Waals surface area contributed by atoms with Crippen LogP contribution in [-0.4, -0.2) is 0 Å². The Bertz CT molecular complexity index is 2930. The van der Waals surface area contributed by atoms with E-state index in [1.807, 2.05) is 11.3 Å². The van der Waals surface area contributed by atoms with Crippen molar-refractivity contribution in [2.75, 3.05) is 4.90 Å². The predicted octanol–water partition coefficient (Wildman–Crippen LogP) is 14.8. The summed E-state index contributed by atoms with van der Waals surface area (Å²) >= 11 is 1.86. The first kappa shape index (κ1) is 30.4. The summed E-state index contributed by atoms with van der Waals surface area (Å²) in [4.78, 5) is 2.41. The van der Waals surface area contributed by atoms with Gasteiger partial charge in [0.25, 0.3) is 0 Å². The lowest BCUT2D eigenvalue weighted by Crippen LogP contribution is -2.10. The number of fused-ring (bicyclic) bond motifs is 5. The van der Waals surface area contributed by atoms with Crippen molar-refractivity contribution < 1.29 is 0 Å². The second-order valence-electron chi connectivity index (χ2n) is 13.4. The van der Waals surface area contributed by atoms with E-state index in [-0.39, 0.29) is 0 Å². The Morgan fingerprint density at radius 2 is 0.827 bits per heavy atom. The number of rotatable bonds is 6. The molecule has 0 fully saturated rings. The standard InChI is InChI=1S/C50H33NS/c1-2-14-36-30-38(29-28-34(36)12-1)37-16-7-19-41(31-37)51(42-20-8-17-39(32-42)45-24-10-15-35-13-3-4-22-44(35)45)43-21-9-18-40(33-43)46-25-11-27-49-50(46)47-23-5-6-26-48(47)52-49/h1-33H. The van der Waals surface area contributed by atoms with Gasteiger partial charge < -0.3 is 4.90 Å². The van der Waals surface area contributed by atoms with Crippen LogP contribution in [0.2, 0.25) is 0 Å². The maximum atomic E-state index is 2.41. The Balaban J connectivity index is 1.16. The van der Waals surface area contributed by atoms with Crippen molar-refractivity contribution in [1.29, 1.82) is 0 Å². The Hall–Kier alpha value is -6.48. The first-order chi connectivity index (χ1) is 25.8. The topological polar surface area (TPSA) is 3.24 Å². The van der Waals surface area contributed by atoms with Gasteiger partial charge in [0.15, 0.2) is 0 Å². The monoisotopic (exact) mass is 679 g/mol. The number of anilines is 3. The van der Waals surface area contributed by atoms with E-state index < -0.39 is 0 Å². The van der Waals surface area contributed by atoms with Crippen LogP contribution in [0.4, 0.5) is 17.1 Å². The van der Waals surface area contributed by atoms with Crippen LogP contribution >= 0.6 is 11.3 Å². The number of nitrogens with zero attached hydrogens (tertiary/aromatic N) is 1. The third kappa shape index (κ3) is 5.33. The molecule has 0 saturated heterocycles.